The van der Waals surface area contributed by atoms with Crippen molar-refractivity contribution in [2.24, 2.45) is 5.92 Å². The molecule has 1 aliphatic heterocycles. The van der Waals surface area contributed by atoms with E-state index < -0.39 is 0 Å². The summed E-state index contributed by atoms with van der Waals surface area (Å²) in [6, 6.07) is 1.72. The molecule has 0 aromatic carbocycles. The number of carbonyl (C=O) groups is 1. The van der Waals surface area contributed by atoms with Crippen molar-refractivity contribution in [3.05, 3.63) is 18.5 Å². The molecule has 1 aromatic rings. The molecule has 15 heavy (non-hydrogen) atoms. The van der Waals surface area contributed by atoms with Gasteiger partial charge in [-0.05, 0) is 32.0 Å². The van der Waals surface area contributed by atoms with E-state index in [1.165, 1.54) is 0 Å². The molecule has 1 amide bonds. The van der Waals surface area contributed by atoms with Gasteiger partial charge < -0.3 is 5.32 Å². The van der Waals surface area contributed by atoms with Crippen molar-refractivity contribution in [1.82, 2.24) is 15.3 Å². The Balaban J connectivity index is 1.91. The van der Waals surface area contributed by atoms with E-state index in [-0.39, 0.29) is 11.8 Å². The number of rotatable bonds is 2. The van der Waals surface area contributed by atoms with Gasteiger partial charge in [-0.2, -0.15) is 0 Å². The van der Waals surface area contributed by atoms with Gasteiger partial charge in [0.1, 0.15) is 0 Å². The van der Waals surface area contributed by atoms with Crippen molar-refractivity contribution in [3.63, 3.8) is 0 Å². The van der Waals surface area contributed by atoms with Gasteiger partial charge in [-0.1, -0.05) is 0 Å². The minimum absolute atomic E-state index is 0.0303. The average molecular weight is 206 g/mol. The third-order valence-electron chi connectivity index (χ3n) is 2.51. The summed E-state index contributed by atoms with van der Waals surface area (Å²) in [7, 11) is 0. The van der Waals surface area contributed by atoms with E-state index in [9.17, 15) is 4.79 Å². The highest BCUT2D eigenvalue weighted by atomic mass is 16.2. The summed E-state index contributed by atoms with van der Waals surface area (Å²) in [5.74, 6) is 0.513. The maximum absolute atomic E-state index is 11.7. The Morgan fingerprint density at radius 1 is 1.33 bits per heavy atom. The molecule has 1 fully saturated rings. The largest absolute Gasteiger partial charge is 0.317 e. The molecular weight excluding hydrogens is 192 g/mol. The second kappa shape index (κ2) is 4.84. The molecule has 0 radical (unpaired) electrons. The fourth-order valence-corrected chi connectivity index (χ4v) is 1.66. The lowest BCUT2D eigenvalue weighted by atomic mass is 9.97. The third kappa shape index (κ3) is 2.73. The van der Waals surface area contributed by atoms with Crippen LogP contribution in [0.25, 0.3) is 0 Å². The highest BCUT2D eigenvalue weighted by Crippen LogP contribution is 2.13. The molecule has 0 atom stereocenters. The van der Waals surface area contributed by atoms with Crippen molar-refractivity contribution >= 4 is 11.9 Å². The van der Waals surface area contributed by atoms with Gasteiger partial charge >= 0.3 is 0 Å². The molecule has 0 unspecified atom stereocenters. The van der Waals surface area contributed by atoms with Crippen molar-refractivity contribution in [2.45, 2.75) is 12.8 Å². The maximum Gasteiger partial charge on any atom is 0.229 e. The summed E-state index contributed by atoms with van der Waals surface area (Å²) < 4.78 is 0. The number of aromatic nitrogens is 2. The summed E-state index contributed by atoms with van der Waals surface area (Å²) in [5, 5.41) is 5.94. The fraction of sp³-hybridized carbons (Fsp3) is 0.500. The van der Waals surface area contributed by atoms with Gasteiger partial charge in [0.05, 0.1) is 0 Å². The Morgan fingerprint density at radius 2 is 2.00 bits per heavy atom. The fourth-order valence-electron chi connectivity index (χ4n) is 1.66. The highest BCUT2D eigenvalue weighted by molar-refractivity contribution is 5.90. The first-order valence-corrected chi connectivity index (χ1v) is 5.15. The topological polar surface area (TPSA) is 66.9 Å². The number of nitrogens with zero attached hydrogens (tertiary/aromatic N) is 2. The molecule has 1 aromatic heterocycles. The summed E-state index contributed by atoms with van der Waals surface area (Å²) in [5.41, 5.74) is 0. The molecule has 80 valence electrons. The summed E-state index contributed by atoms with van der Waals surface area (Å²) in [6.45, 7) is 1.82. The molecule has 2 rings (SSSR count). The van der Waals surface area contributed by atoms with E-state index in [0.29, 0.717) is 5.95 Å². The van der Waals surface area contributed by atoms with Gasteiger partial charge in [-0.15, -0.1) is 0 Å². The molecule has 0 spiro atoms. The number of hydrogen-bond acceptors (Lipinski definition) is 4. The van der Waals surface area contributed by atoms with Crippen LogP contribution in [0.5, 0.6) is 0 Å². The maximum atomic E-state index is 11.7. The normalized spacial score (nSPS) is 17.3. The van der Waals surface area contributed by atoms with Crippen molar-refractivity contribution in [3.8, 4) is 0 Å². The Morgan fingerprint density at radius 3 is 2.67 bits per heavy atom. The lowest BCUT2D eigenvalue weighted by molar-refractivity contribution is -0.120. The Kier molecular flexibility index (Phi) is 3.24. The van der Waals surface area contributed by atoms with Gasteiger partial charge in [0.2, 0.25) is 11.9 Å². The Labute approximate surface area is 88.3 Å². The monoisotopic (exact) mass is 206 g/mol. The van der Waals surface area contributed by atoms with Gasteiger partial charge in [-0.3, -0.25) is 10.1 Å². The summed E-state index contributed by atoms with van der Waals surface area (Å²) in [4.78, 5) is 19.7. The van der Waals surface area contributed by atoms with Crippen LogP contribution in [0, 0.1) is 5.92 Å². The standard InChI is InChI=1S/C10H14N4O/c15-9(8-2-6-11-7-3-8)14-10-12-4-1-5-13-10/h1,4-5,8,11H,2-3,6-7H2,(H,12,13,14,15). The van der Waals surface area contributed by atoms with Crippen LogP contribution in [0.4, 0.5) is 5.95 Å². The number of amides is 1. The quantitative estimate of drug-likeness (QED) is 0.735. The summed E-state index contributed by atoms with van der Waals surface area (Å²) >= 11 is 0. The molecular formula is C10H14N4O. The Bertz CT molecular complexity index is 321. The molecule has 0 bridgehead atoms. The smallest absolute Gasteiger partial charge is 0.229 e. The third-order valence-corrected chi connectivity index (χ3v) is 2.51. The predicted molar refractivity (Wildman–Crippen MR) is 56.3 cm³/mol. The van der Waals surface area contributed by atoms with E-state index in [2.05, 4.69) is 20.6 Å². The first-order chi connectivity index (χ1) is 7.36. The molecule has 2 N–H and O–H groups in total. The minimum atomic E-state index is 0.0303. The Hall–Kier alpha value is -1.49. The molecule has 1 aliphatic rings. The van der Waals surface area contributed by atoms with Crippen LogP contribution in [0.3, 0.4) is 0 Å². The molecule has 0 aliphatic carbocycles. The number of hydrogen-bond donors (Lipinski definition) is 2. The zero-order valence-electron chi connectivity index (χ0n) is 8.44. The lowest BCUT2D eigenvalue weighted by Crippen LogP contribution is -2.34. The average Bonchev–Trinajstić information content (AvgIpc) is 2.31. The SMILES string of the molecule is O=C(Nc1ncccn1)C1CCNCC1. The van der Waals surface area contributed by atoms with E-state index in [0.717, 1.165) is 25.9 Å². The van der Waals surface area contributed by atoms with Gasteiger partial charge in [0.15, 0.2) is 0 Å². The van der Waals surface area contributed by atoms with E-state index in [1.54, 1.807) is 18.5 Å². The second-order valence-corrected chi connectivity index (χ2v) is 3.59. The molecule has 1 saturated heterocycles. The van der Waals surface area contributed by atoms with Crippen LogP contribution in [0.15, 0.2) is 18.5 Å². The van der Waals surface area contributed by atoms with Gasteiger partial charge in [0.25, 0.3) is 0 Å². The first-order valence-electron chi connectivity index (χ1n) is 5.15. The highest BCUT2D eigenvalue weighted by Gasteiger charge is 2.21. The molecule has 0 saturated carbocycles. The lowest BCUT2D eigenvalue weighted by Gasteiger charge is -2.21. The van der Waals surface area contributed by atoms with Crippen LogP contribution in [-0.2, 0) is 4.79 Å². The first kappa shape index (κ1) is 10.0. The van der Waals surface area contributed by atoms with E-state index in [1.807, 2.05) is 0 Å². The number of nitrogens with one attached hydrogen (secondary N) is 2. The number of carbonyl (C=O) groups excluding carboxylic acids is 1. The zero-order chi connectivity index (χ0) is 10.5. The van der Waals surface area contributed by atoms with E-state index >= 15 is 0 Å². The molecule has 2 heterocycles. The van der Waals surface area contributed by atoms with Crippen LogP contribution in [0.1, 0.15) is 12.8 Å². The van der Waals surface area contributed by atoms with E-state index in [4.69, 9.17) is 0 Å². The second-order valence-electron chi connectivity index (χ2n) is 3.59. The van der Waals surface area contributed by atoms with Gasteiger partial charge in [0, 0.05) is 18.3 Å². The van der Waals surface area contributed by atoms with Crippen molar-refractivity contribution in [1.29, 1.82) is 0 Å². The predicted octanol–water partition coefficient (Wildman–Crippen LogP) is 0.415. The zero-order valence-corrected chi connectivity index (χ0v) is 8.44. The van der Waals surface area contributed by atoms with Gasteiger partial charge in [-0.25, -0.2) is 9.97 Å². The van der Waals surface area contributed by atoms with Crippen LogP contribution in [-0.4, -0.2) is 29.0 Å². The van der Waals surface area contributed by atoms with Crippen LogP contribution >= 0.6 is 0 Å². The molecule has 5 nitrogen and oxygen atoms in total. The number of piperidine rings is 1. The van der Waals surface area contributed by atoms with Crippen molar-refractivity contribution in [2.75, 3.05) is 18.4 Å². The van der Waals surface area contributed by atoms with Crippen LogP contribution < -0.4 is 10.6 Å². The summed E-state index contributed by atoms with van der Waals surface area (Å²) in [6.07, 6.45) is 5.01. The van der Waals surface area contributed by atoms with Crippen LogP contribution in [0.2, 0.25) is 0 Å². The minimum Gasteiger partial charge on any atom is -0.317 e. The number of anilines is 1. The van der Waals surface area contributed by atoms with Crippen molar-refractivity contribution < 1.29 is 4.79 Å². The molecule has 5 heteroatoms.